The van der Waals surface area contributed by atoms with Gasteiger partial charge in [-0.3, -0.25) is 14.5 Å². The second kappa shape index (κ2) is 10.3. The van der Waals surface area contributed by atoms with Crippen LogP contribution < -0.4 is 15.0 Å². The zero-order valence-electron chi connectivity index (χ0n) is 19.4. The number of hydrogen-bond acceptors (Lipinski definition) is 7. The van der Waals surface area contributed by atoms with Crippen molar-refractivity contribution in [1.29, 1.82) is 0 Å². The molecule has 5 aromatic rings. The molecule has 0 atom stereocenters. The Morgan fingerprint density at radius 2 is 1.92 bits per heavy atom. The van der Waals surface area contributed by atoms with E-state index in [1.807, 2.05) is 30.3 Å². The summed E-state index contributed by atoms with van der Waals surface area (Å²) in [5.41, 5.74) is 1.06. The first-order chi connectivity index (χ1) is 18.0. The average Bonchev–Trinajstić information content (AvgIpc) is 3.55. The molecular formula is C25H21FN6O5. The van der Waals surface area contributed by atoms with Crippen molar-refractivity contribution in [3.05, 3.63) is 94.4 Å². The number of rotatable bonds is 10. The molecule has 0 saturated heterocycles. The van der Waals surface area contributed by atoms with E-state index >= 15 is 0 Å². The van der Waals surface area contributed by atoms with Gasteiger partial charge in [-0.25, -0.2) is 18.9 Å². The summed E-state index contributed by atoms with van der Waals surface area (Å²) in [6, 6.07) is 13.9. The minimum atomic E-state index is -1.14. The Labute approximate surface area is 208 Å². The summed E-state index contributed by atoms with van der Waals surface area (Å²) >= 11 is 0. The highest BCUT2D eigenvalue weighted by molar-refractivity contribution is 5.87. The smallest absolute Gasteiger partial charge is 0.338 e. The molecule has 11 nitrogen and oxygen atoms in total. The average molecular weight is 504 g/mol. The van der Waals surface area contributed by atoms with E-state index < -0.39 is 17.3 Å². The third-order valence-electron chi connectivity index (χ3n) is 5.46. The number of carboxylic acid groups (broad SMARTS) is 1. The molecule has 0 unspecified atom stereocenters. The number of hydrogen-bond donors (Lipinski definition) is 2. The summed E-state index contributed by atoms with van der Waals surface area (Å²) in [6.07, 6.45) is 4.35. The van der Waals surface area contributed by atoms with Gasteiger partial charge in [0.15, 0.2) is 17.1 Å². The van der Waals surface area contributed by atoms with Crippen molar-refractivity contribution in [2.24, 2.45) is 0 Å². The van der Waals surface area contributed by atoms with Gasteiger partial charge in [0.1, 0.15) is 17.9 Å². The zero-order valence-corrected chi connectivity index (χ0v) is 19.4. The van der Waals surface area contributed by atoms with Gasteiger partial charge in [-0.15, -0.1) is 0 Å². The second-order valence-electron chi connectivity index (χ2n) is 8.04. The Morgan fingerprint density at radius 3 is 2.68 bits per heavy atom. The largest absolute Gasteiger partial charge is 0.493 e. The van der Waals surface area contributed by atoms with Crippen LogP contribution in [0.2, 0.25) is 0 Å². The van der Waals surface area contributed by atoms with E-state index in [4.69, 9.17) is 14.6 Å². The van der Waals surface area contributed by atoms with Crippen molar-refractivity contribution >= 4 is 17.0 Å². The Balaban J connectivity index is 1.18. The number of nitrogens with one attached hydrogen (secondary N) is 1. The molecule has 3 aromatic heterocycles. The van der Waals surface area contributed by atoms with Crippen LogP contribution in [-0.2, 0) is 13.2 Å². The standard InChI is InChI=1S/C25H21FN6O5/c26-19-11-18(7-8-21(19)37-15-16-5-2-1-3-6-16)36-10-4-9-31-22-20(13-28-31)29-25(30-23(22)33)32-14-17(12-27-32)24(34)35/h1-3,5-8,11-14H,4,9-10,15H2,(H,34,35)(H,29,30,33). The van der Waals surface area contributed by atoms with Crippen molar-refractivity contribution in [3.8, 4) is 17.4 Å². The van der Waals surface area contributed by atoms with Crippen molar-refractivity contribution < 1.29 is 23.8 Å². The third kappa shape index (κ3) is 5.32. The highest BCUT2D eigenvalue weighted by Gasteiger charge is 2.14. The van der Waals surface area contributed by atoms with Crippen LogP contribution in [0.15, 0.2) is 71.9 Å². The normalized spacial score (nSPS) is 11.1. The molecule has 0 spiro atoms. The number of halogens is 1. The zero-order chi connectivity index (χ0) is 25.8. The molecule has 0 aliphatic rings. The Morgan fingerprint density at radius 1 is 1.08 bits per heavy atom. The molecule has 0 fully saturated rings. The van der Waals surface area contributed by atoms with Gasteiger partial charge in [-0.1, -0.05) is 30.3 Å². The van der Waals surface area contributed by atoms with Gasteiger partial charge in [-0.05, 0) is 17.7 Å². The number of nitrogens with zero attached hydrogens (tertiary/aromatic N) is 5. The van der Waals surface area contributed by atoms with Crippen molar-refractivity contribution in [3.63, 3.8) is 0 Å². The van der Waals surface area contributed by atoms with Crippen LogP contribution in [0.3, 0.4) is 0 Å². The van der Waals surface area contributed by atoms with Crippen LogP contribution in [0.4, 0.5) is 4.39 Å². The molecule has 0 radical (unpaired) electrons. The monoisotopic (exact) mass is 504 g/mol. The summed E-state index contributed by atoms with van der Waals surface area (Å²) in [6.45, 7) is 0.884. The van der Waals surface area contributed by atoms with Gasteiger partial charge in [-0.2, -0.15) is 10.2 Å². The maximum absolute atomic E-state index is 14.4. The van der Waals surface area contributed by atoms with Crippen LogP contribution >= 0.6 is 0 Å². The number of benzene rings is 2. The van der Waals surface area contributed by atoms with Crippen LogP contribution in [0.25, 0.3) is 17.0 Å². The van der Waals surface area contributed by atoms with E-state index in [1.165, 1.54) is 33.9 Å². The van der Waals surface area contributed by atoms with E-state index in [0.29, 0.717) is 24.2 Å². The molecule has 2 aromatic carbocycles. The maximum atomic E-state index is 14.4. The summed E-state index contributed by atoms with van der Waals surface area (Å²) < 4.78 is 28.3. The predicted molar refractivity (Wildman–Crippen MR) is 130 cm³/mol. The van der Waals surface area contributed by atoms with Gasteiger partial charge in [0.05, 0.1) is 24.6 Å². The number of aryl methyl sites for hydroxylation is 1. The fraction of sp³-hybridized carbons (Fsp3) is 0.160. The van der Waals surface area contributed by atoms with E-state index in [1.54, 1.807) is 6.07 Å². The summed E-state index contributed by atoms with van der Waals surface area (Å²) in [5, 5.41) is 17.2. The minimum absolute atomic E-state index is 0.0346. The number of carbonyl (C=O) groups is 1. The van der Waals surface area contributed by atoms with Gasteiger partial charge in [0, 0.05) is 25.2 Å². The van der Waals surface area contributed by atoms with Gasteiger partial charge in [0.25, 0.3) is 5.56 Å². The van der Waals surface area contributed by atoms with Crippen molar-refractivity contribution in [2.45, 2.75) is 19.6 Å². The first-order valence-electron chi connectivity index (χ1n) is 11.3. The number of aromatic carboxylic acids is 1. The molecule has 3 heterocycles. The quantitative estimate of drug-likeness (QED) is 0.277. The van der Waals surface area contributed by atoms with Gasteiger partial charge in [0.2, 0.25) is 5.95 Å². The number of carboxylic acids is 1. The Hall–Kier alpha value is -5.00. The topological polar surface area (TPSA) is 137 Å². The van der Waals surface area contributed by atoms with Crippen LogP contribution in [0.1, 0.15) is 22.3 Å². The lowest BCUT2D eigenvalue weighted by Gasteiger charge is -2.10. The van der Waals surface area contributed by atoms with E-state index in [0.717, 1.165) is 11.8 Å². The molecule has 0 aliphatic heterocycles. The fourth-order valence-corrected chi connectivity index (χ4v) is 3.65. The van der Waals surface area contributed by atoms with Crippen LogP contribution in [0.5, 0.6) is 11.5 Å². The lowest BCUT2D eigenvalue weighted by Crippen LogP contribution is -2.17. The number of ether oxygens (including phenoxy) is 2. The highest BCUT2D eigenvalue weighted by atomic mass is 19.1. The summed E-state index contributed by atoms with van der Waals surface area (Å²) in [7, 11) is 0. The molecular weight excluding hydrogens is 483 g/mol. The molecule has 0 amide bonds. The van der Waals surface area contributed by atoms with E-state index in [2.05, 4.69) is 20.2 Å². The SMILES string of the molecule is O=C(O)c1cnn(-c2nc3cnn(CCCOc4ccc(OCc5ccccc5)c(F)c4)c3c(=O)[nH]2)c1. The molecule has 12 heteroatoms. The first kappa shape index (κ1) is 23.7. The lowest BCUT2D eigenvalue weighted by atomic mass is 10.2. The van der Waals surface area contributed by atoms with Crippen molar-refractivity contribution in [1.82, 2.24) is 29.5 Å². The minimum Gasteiger partial charge on any atom is -0.493 e. The molecule has 5 rings (SSSR count). The molecule has 0 saturated carbocycles. The number of fused-ring (bicyclic) bond motifs is 1. The van der Waals surface area contributed by atoms with Crippen LogP contribution in [0, 0.1) is 5.82 Å². The van der Waals surface area contributed by atoms with Crippen LogP contribution in [-0.4, -0.2) is 47.2 Å². The van der Waals surface area contributed by atoms with E-state index in [-0.39, 0.29) is 36.0 Å². The predicted octanol–water partition coefficient (Wildman–Crippen LogP) is 3.19. The first-order valence-corrected chi connectivity index (χ1v) is 11.3. The molecule has 37 heavy (non-hydrogen) atoms. The number of aromatic nitrogens is 6. The summed E-state index contributed by atoms with van der Waals surface area (Å²) in [5.74, 6) is -1.09. The summed E-state index contributed by atoms with van der Waals surface area (Å²) in [4.78, 5) is 30.6. The molecule has 188 valence electrons. The third-order valence-corrected chi connectivity index (χ3v) is 5.46. The fourth-order valence-electron chi connectivity index (χ4n) is 3.65. The van der Waals surface area contributed by atoms with Gasteiger partial charge < -0.3 is 14.6 Å². The molecule has 0 bridgehead atoms. The molecule has 0 aliphatic carbocycles. The highest BCUT2D eigenvalue weighted by Crippen LogP contribution is 2.24. The Bertz CT molecular complexity index is 1610. The maximum Gasteiger partial charge on any atom is 0.338 e. The van der Waals surface area contributed by atoms with Crippen molar-refractivity contribution in [2.75, 3.05) is 6.61 Å². The number of H-pyrrole nitrogens is 1. The second-order valence-corrected chi connectivity index (χ2v) is 8.04. The van der Waals surface area contributed by atoms with E-state index in [9.17, 15) is 14.0 Å². The Kier molecular flexibility index (Phi) is 6.62. The molecule has 2 N–H and O–H groups in total. The lowest BCUT2D eigenvalue weighted by molar-refractivity contribution is 0.0697. The number of aromatic amines is 1. The van der Waals surface area contributed by atoms with Gasteiger partial charge >= 0.3 is 5.97 Å².